The highest BCUT2D eigenvalue weighted by Crippen LogP contribution is 2.51. The molecule has 6 heteroatoms. The summed E-state index contributed by atoms with van der Waals surface area (Å²) in [5, 5.41) is 12.2. The van der Waals surface area contributed by atoms with Crippen LogP contribution in [0.2, 0.25) is 0 Å². The van der Waals surface area contributed by atoms with Gasteiger partial charge in [-0.25, -0.2) is 0 Å². The van der Waals surface area contributed by atoms with Gasteiger partial charge in [0.1, 0.15) is 0 Å². The Balaban J connectivity index is 0.000000147. The largest absolute Gasteiger partial charge is 0.356 e. The summed E-state index contributed by atoms with van der Waals surface area (Å²) in [6, 6.07) is 115. The molecule has 0 aliphatic heterocycles. The number of hydrogen-bond acceptors (Lipinski definition) is 2. The summed E-state index contributed by atoms with van der Waals surface area (Å²) in [5.41, 5.74) is 32.0. The summed E-state index contributed by atoms with van der Waals surface area (Å²) < 4.78 is 6.94. The molecule has 0 saturated heterocycles. The van der Waals surface area contributed by atoms with Gasteiger partial charge < -0.3 is 19.8 Å². The predicted molar refractivity (Wildman–Crippen MR) is 413 cm³/mol. The lowest BCUT2D eigenvalue weighted by molar-refractivity contribution is 0.660. The van der Waals surface area contributed by atoms with E-state index in [1.165, 1.54) is 133 Å². The fourth-order valence-electron chi connectivity index (χ4n) is 15.1. The monoisotopic (exact) mass is 1360 g/mol. The Hall–Kier alpha value is -10.8. The lowest BCUT2D eigenvalue weighted by Gasteiger charge is -2.22. The molecule has 0 saturated carbocycles. The van der Waals surface area contributed by atoms with Gasteiger partial charge in [0.15, 0.2) is 0 Å². The van der Waals surface area contributed by atoms with E-state index in [-0.39, 0.29) is 10.8 Å². The second-order valence-electron chi connectivity index (χ2n) is 26.6. The van der Waals surface area contributed by atoms with Crippen molar-refractivity contribution in [3.8, 4) is 78.1 Å². The van der Waals surface area contributed by atoms with E-state index in [2.05, 4.69) is 395 Å². The number of rotatable bonds is 10. The SMILES string of the molecule is Brc1ccc(-c2ccc3c(c2)c2cc(-c4ccc5c(c4)c4cc(-c6ccc(Br)cc6)ccc4n5-c4ccccc4)ccc2n3-c2ccccc2)cc1.CC1(C)c2ccccc2-c2ccc(Nc3ccc(-c4ccc(Nc5ccc6c(c5)C(C)(C)c5ccccc5-6)cc4)cc3)cc21. The van der Waals surface area contributed by atoms with Gasteiger partial charge in [0, 0.05) is 75.4 Å². The number of para-hydroxylation sites is 2. The van der Waals surface area contributed by atoms with E-state index < -0.39 is 0 Å². The van der Waals surface area contributed by atoms with Crippen molar-refractivity contribution in [1.82, 2.24) is 9.13 Å². The van der Waals surface area contributed by atoms with Crippen molar-refractivity contribution in [3.05, 3.63) is 347 Å². The molecule has 14 aromatic carbocycles. The summed E-state index contributed by atoms with van der Waals surface area (Å²) in [6.45, 7) is 9.29. The molecular weight excluding hydrogens is 1300 g/mol. The van der Waals surface area contributed by atoms with Gasteiger partial charge in [-0.15, -0.1) is 0 Å². The molecule has 0 bridgehead atoms. The Morgan fingerprint density at radius 2 is 0.510 bits per heavy atom. The number of aromatic nitrogens is 2. The molecule has 2 aliphatic rings. The van der Waals surface area contributed by atoms with Crippen LogP contribution in [0.1, 0.15) is 49.9 Å². The van der Waals surface area contributed by atoms with Gasteiger partial charge in [-0.3, -0.25) is 0 Å². The molecule has 0 atom stereocenters. The lowest BCUT2D eigenvalue weighted by Crippen LogP contribution is -2.15. The van der Waals surface area contributed by atoms with Crippen LogP contribution in [0.3, 0.4) is 0 Å². The molecule has 16 aromatic rings. The predicted octanol–water partition coefficient (Wildman–Crippen LogP) is 25.9. The molecule has 2 N–H and O–H groups in total. The molecule has 4 nitrogen and oxygen atoms in total. The van der Waals surface area contributed by atoms with Crippen LogP contribution in [0.4, 0.5) is 22.7 Å². The first-order valence-corrected chi connectivity index (χ1v) is 34.5. The van der Waals surface area contributed by atoms with Crippen molar-refractivity contribution in [3.63, 3.8) is 0 Å². The van der Waals surface area contributed by atoms with Crippen LogP contribution < -0.4 is 10.6 Å². The molecule has 2 aromatic heterocycles. The van der Waals surface area contributed by atoms with Crippen LogP contribution in [0.15, 0.2) is 324 Å². The van der Waals surface area contributed by atoms with Gasteiger partial charge in [-0.2, -0.15) is 0 Å². The smallest absolute Gasteiger partial charge is 0.0541 e. The molecule has 0 fully saturated rings. The summed E-state index contributed by atoms with van der Waals surface area (Å²) >= 11 is 7.20. The average Bonchev–Trinajstić information content (AvgIpc) is 1.61. The average molecular weight is 1360 g/mol. The number of hydrogen-bond donors (Lipinski definition) is 2. The standard InChI is InChI=1S/C48H30Br2N2.C42H36N2/c49-37-19-11-31(12-20-37)33-15-23-45-41(27-33)43-29-35(17-25-47(43)51(45)39-7-3-1-4-8-39)36-18-26-48-44(30-36)42-28-34(32-13-21-38(50)22-14-32)16-24-46(42)52(48)40-9-5-2-6-10-40;1-41(2)37-11-7-5-9-33(37)35-23-21-31(25-39(35)41)43-29-17-13-27(14-18-29)28-15-19-30(20-16-28)44-32-22-24-36-34-10-6-8-12-38(34)42(3,4)40(36)26-32/h1-30H;5-26,43-44H,1-4H3. The van der Waals surface area contributed by atoms with Gasteiger partial charge in [0.05, 0.1) is 22.1 Å². The molecule has 2 aliphatic carbocycles. The van der Waals surface area contributed by atoms with Gasteiger partial charge in [-0.1, -0.05) is 229 Å². The van der Waals surface area contributed by atoms with Crippen molar-refractivity contribution >= 4 is 98.2 Å². The van der Waals surface area contributed by atoms with Crippen molar-refractivity contribution in [2.75, 3.05) is 10.6 Å². The van der Waals surface area contributed by atoms with Crippen LogP contribution in [0.5, 0.6) is 0 Å². The van der Waals surface area contributed by atoms with Crippen LogP contribution in [-0.4, -0.2) is 9.13 Å². The van der Waals surface area contributed by atoms with Gasteiger partial charge in [0.25, 0.3) is 0 Å². The fraction of sp³-hybridized carbons (Fsp3) is 0.0667. The molecule has 0 unspecified atom stereocenters. The zero-order chi connectivity index (χ0) is 64.8. The minimum atomic E-state index is -0.00250. The third-order valence-electron chi connectivity index (χ3n) is 20.1. The molecule has 0 radical (unpaired) electrons. The maximum absolute atomic E-state index is 3.63. The first-order chi connectivity index (χ1) is 46.9. The van der Waals surface area contributed by atoms with E-state index in [0.717, 1.165) is 43.1 Å². The van der Waals surface area contributed by atoms with E-state index in [1.807, 2.05) is 0 Å². The molecule has 96 heavy (non-hydrogen) atoms. The molecular formula is C90H66Br2N4. The third-order valence-corrected chi connectivity index (χ3v) is 21.2. The van der Waals surface area contributed by atoms with E-state index in [0.29, 0.717) is 0 Å². The van der Waals surface area contributed by atoms with E-state index in [9.17, 15) is 0 Å². The first-order valence-electron chi connectivity index (χ1n) is 32.9. The third kappa shape index (κ3) is 10.3. The second-order valence-corrected chi connectivity index (χ2v) is 28.4. The minimum absolute atomic E-state index is 0.00250. The molecule has 0 amide bonds. The Bertz CT molecular complexity index is 5330. The summed E-state index contributed by atoms with van der Waals surface area (Å²) in [7, 11) is 0. The minimum Gasteiger partial charge on any atom is -0.356 e. The van der Waals surface area contributed by atoms with Gasteiger partial charge in [-0.05, 0) is 235 Å². The number of fused-ring (bicyclic) bond motifs is 12. The molecule has 0 spiro atoms. The van der Waals surface area contributed by atoms with Gasteiger partial charge in [0.2, 0.25) is 0 Å². The quantitative estimate of drug-likeness (QED) is 0.143. The lowest BCUT2D eigenvalue weighted by atomic mass is 9.82. The zero-order valence-corrected chi connectivity index (χ0v) is 56.8. The fourth-order valence-corrected chi connectivity index (χ4v) is 15.7. The normalized spacial score (nSPS) is 13.1. The maximum Gasteiger partial charge on any atom is 0.0541 e. The van der Waals surface area contributed by atoms with Crippen LogP contribution in [0, 0.1) is 0 Å². The summed E-state index contributed by atoms with van der Waals surface area (Å²) in [4.78, 5) is 0. The van der Waals surface area contributed by atoms with E-state index >= 15 is 0 Å². The van der Waals surface area contributed by atoms with E-state index in [4.69, 9.17) is 0 Å². The van der Waals surface area contributed by atoms with Crippen molar-refractivity contribution < 1.29 is 0 Å². The number of nitrogens with zero attached hydrogens (tertiary/aromatic N) is 2. The molecule has 18 rings (SSSR count). The van der Waals surface area contributed by atoms with Crippen LogP contribution in [0.25, 0.3) is 122 Å². The Labute approximate surface area is 577 Å². The Kier molecular flexibility index (Phi) is 14.5. The number of nitrogens with one attached hydrogen (secondary N) is 2. The van der Waals surface area contributed by atoms with Crippen molar-refractivity contribution in [1.29, 1.82) is 0 Å². The maximum atomic E-state index is 3.63. The highest BCUT2D eigenvalue weighted by molar-refractivity contribution is 9.10. The zero-order valence-electron chi connectivity index (χ0n) is 53.7. The van der Waals surface area contributed by atoms with Crippen LogP contribution in [-0.2, 0) is 10.8 Å². The number of benzene rings is 14. The van der Waals surface area contributed by atoms with Gasteiger partial charge >= 0.3 is 0 Å². The highest BCUT2D eigenvalue weighted by Gasteiger charge is 2.36. The second kappa shape index (κ2) is 23.6. The van der Waals surface area contributed by atoms with Crippen LogP contribution >= 0.6 is 31.9 Å². The molecule has 460 valence electrons. The highest BCUT2D eigenvalue weighted by atomic mass is 79.9. The number of halogens is 2. The first kappa shape index (κ1) is 59.0. The summed E-state index contributed by atoms with van der Waals surface area (Å²) in [5.74, 6) is 0. The summed E-state index contributed by atoms with van der Waals surface area (Å²) in [6.07, 6.45) is 0. The number of anilines is 4. The topological polar surface area (TPSA) is 33.9 Å². The molecule has 2 heterocycles. The van der Waals surface area contributed by atoms with Crippen molar-refractivity contribution in [2.24, 2.45) is 0 Å². The van der Waals surface area contributed by atoms with E-state index in [1.54, 1.807) is 0 Å². The van der Waals surface area contributed by atoms with Crippen molar-refractivity contribution in [2.45, 2.75) is 38.5 Å². The Morgan fingerprint density at radius 3 is 0.865 bits per heavy atom. The Morgan fingerprint density at radius 1 is 0.240 bits per heavy atom.